The molecular weight excluding hydrogens is 270 g/mol. The highest BCUT2D eigenvalue weighted by atomic mass is 16.1. The van der Waals surface area contributed by atoms with Crippen LogP contribution in [0.15, 0.2) is 60.7 Å². The number of nitrogens with one attached hydrogen (secondary N) is 1. The highest BCUT2D eigenvalue weighted by molar-refractivity contribution is 6.01. The molecule has 1 amide bonds. The molecule has 2 nitrogen and oxygen atoms in total. The zero-order valence-corrected chi connectivity index (χ0v) is 12.5. The van der Waals surface area contributed by atoms with Crippen molar-refractivity contribution in [2.75, 3.05) is 5.32 Å². The van der Waals surface area contributed by atoms with Crippen molar-refractivity contribution in [3.8, 4) is 0 Å². The van der Waals surface area contributed by atoms with Gasteiger partial charge >= 0.3 is 0 Å². The zero-order chi connectivity index (χ0) is 15.1. The fourth-order valence-electron chi connectivity index (χ4n) is 3.35. The van der Waals surface area contributed by atoms with Gasteiger partial charge in [-0.1, -0.05) is 60.2 Å². The van der Waals surface area contributed by atoms with E-state index in [1.807, 2.05) is 6.07 Å². The predicted octanol–water partition coefficient (Wildman–Crippen LogP) is 4.62. The van der Waals surface area contributed by atoms with Crippen molar-refractivity contribution in [3.63, 3.8) is 0 Å². The molecule has 3 aromatic carbocycles. The number of benzene rings is 3. The maximum absolute atomic E-state index is 12.1. The van der Waals surface area contributed by atoms with Crippen LogP contribution in [0.1, 0.15) is 29.0 Å². The van der Waals surface area contributed by atoms with Gasteiger partial charge in [0.1, 0.15) is 0 Å². The van der Waals surface area contributed by atoms with Crippen LogP contribution >= 0.6 is 0 Å². The standard InChI is InChI=1S/C20H17NO/c1-13-6-8-15(9-7-13)17-12-19(22)21-18-11-10-14-4-2-3-5-16(14)20(17)18/h2-11,17H,12H2,1H3,(H,21,22)/t17-/m0/s1. The summed E-state index contributed by atoms with van der Waals surface area (Å²) < 4.78 is 0. The Labute approximate surface area is 129 Å². The van der Waals surface area contributed by atoms with E-state index in [9.17, 15) is 4.79 Å². The first-order chi connectivity index (χ1) is 10.7. The summed E-state index contributed by atoms with van der Waals surface area (Å²) in [4.78, 5) is 12.1. The zero-order valence-electron chi connectivity index (χ0n) is 12.5. The minimum atomic E-state index is 0.0911. The van der Waals surface area contributed by atoms with Gasteiger partial charge in [0.15, 0.2) is 0 Å². The number of aryl methyl sites for hydroxylation is 1. The minimum absolute atomic E-state index is 0.0911. The van der Waals surface area contributed by atoms with E-state index in [4.69, 9.17) is 0 Å². The van der Waals surface area contributed by atoms with E-state index < -0.39 is 0 Å². The molecule has 0 bridgehead atoms. The third-order valence-electron chi connectivity index (χ3n) is 4.46. The Bertz CT molecular complexity index is 865. The molecule has 22 heavy (non-hydrogen) atoms. The van der Waals surface area contributed by atoms with Gasteiger partial charge in [0.05, 0.1) is 0 Å². The Hall–Kier alpha value is -2.61. The van der Waals surface area contributed by atoms with Crippen LogP contribution in [0.2, 0.25) is 0 Å². The van der Waals surface area contributed by atoms with Crippen LogP contribution in [-0.4, -0.2) is 5.91 Å². The topological polar surface area (TPSA) is 29.1 Å². The summed E-state index contributed by atoms with van der Waals surface area (Å²) in [6, 6.07) is 21.0. The van der Waals surface area contributed by atoms with Gasteiger partial charge in [-0.3, -0.25) is 4.79 Å². The van der Waals surface area contributed by atoms with Crippen molar-refractivity contribution in [2.45, 2.75) is 19.3 Å². The van der Waals surface area contributed by atoms with Crippen LogP contribution < -0.4 is 5.32 Å². The van der Waals surface area contributed by atoms with E-state index in [2.05, 4.69) is 66.8 Å². The van der Waals surface area contributed by atoms with E-state index in [-0.39, 0.29) is 11.8 Å². The molecule has 1 heterocycles. The van der Waals surface area contributed by atoms with Crippen LogP contribution in [0.5, 0.6) is 0 Å². The summed E-state index contributed by atoms with van der Waals surface area (Å²) in [5, 5.41) is 5.47. The highest BCUT2D eigenvalue weighted by Gasteiger charge is 2.28. The molecule has 0 aromatic heterocycles. The fourth-order valence-corrected chi connectivity index (χ4v) is 3.35. The Balaban J connectivity index is 1.97. The molecule has 0 unspecified atom stereocenters. The third-order valence-corrected chi connectivity index (χ3v) is 4.46. The van der Waals surface area contributed by atoms with Crippen LogP contribution in [0.4, 0.5) is 5.69 Å². The molecule has 2 heteroatoms. The number of carbonyl (C=O) groups is 1. The first-order valence-corrected chi connectivity index (χ1v) is 7.60. The molecule has 0 spiro atoms. The minimum Gasteiger partial charge on any atom is -0.326 e. The van der Waals surface area contributed by atoms with Gasteiger partial charge in [0.2, 0.25) is 5.91 Å². The number of carbonyl (C=O) groups excluding carboxylic acids is 1. The summed E-state index contributed by atoms with van der Waals surface area (Å²) >= 11 is 0. The first kappa shape index (κ1) is 13.1. The molecule has 1 atom stereocenters. The van der Waals surface area contributed by atoms with Crippen LogP contribution in [0, 0.1) is 6.92 Å². The fraction of sp³-hybridized carbons (Fsp3) is 0.150. The number of rotatable bonds is 1. The van der Waals surface area contributed by atoms with Crippen molar-refractivity contribution in [2.24, 2.45) is 0 Å². The molecule has 0 radical (unpaired) electrons. The molecule has 1 N–H and O–H groups in total. The lowest BCUT2D eigenvalue weighted by Gasteiger charge is -2.27. The van der Waals surface area contributed by atoms with Gasteiger partial charge in [-0.2, -0.15) is 0 Å². The normalized spacial score (nSPS) is 17.1. The molecule has 3 aromatic rings. The van der Waals surface area contributed by atoms with Crippen LogP contribution in [0.3, 0.4) is 0 Å². The largest absolute Gasteiger partial charge is 0.326 e. The second kappa shape index (κ2) is 4.99. The van der Waals surface area contributed by atoms with Gasteiger partial charge in [-0.15, -0.1) is 0 Å². The number of hydrogen-bond donors (Lipinski definition) is 1. The molecule has 1 aliphatic rings. The van der Waals surface area contributed by atoms with Crippen LogP contribution in [0.25, 0.3) is 10.8 Å². The number of amides is 1. The SMILES string of the molecule is Cc1ccc([C@@H]2CC(=O)Nc3ccc4ccccc4c32)cc1. The molecule has 0 fully saturated rings. The van der Waals surface area contributed by atoms with Crippen molar-refractivity contribution >= 4 is 22.4 Å². The Kier molecular flexibility index (Phi) is 2.97. The molecule has 0 aliphatic carbocycles. The van der Waals surface area contributed by atoms with E-state index in [0.717, 1.165) is 5.69 Å². The quantitative estimate of drug-likeness (QED) is 0.695. The lowest BCUT2D eigenvalue weighted by atomic mass is 9.82. The maximum atomic E-state index is 12.1. The summed E-state index contributed by atoms with van der Waals surface area (Å²) in [6.45, 7) is 2.08. The van der Waals surface area contributed by atoms with Gasteiger partial charge < -0.3 is 5.32 Å². The van der Waals surface area contributed by atoms with Crippen molar-refractivity contribution in [1.82, 2.24) is 0 Å². The van der Waals surface area contributed by atoms with Gasteiger partial charge in [0.25, 0.3) is 0 Å². The summed E-state index contributed by atoms with van der Waals surface area (Å²) in [5.74, 6) is 0.212. The van der Waals surface area contributed by atoms with Crippen molar-refractivity contribution in [3.05, 3.63) is 77.4 Å². The molecule has 0 saturated heterocycles. The Morgan fingerprint density at radius 2 is 1.73 bits per heavy atom. The van der Waals surface area contributed by atoms with E-state index in [0.29, 0.717) is 6.42 Å². The summed E-state index contributed by atoms with van der Waals surface area (Å²) in [6.07, 6.45) is 0.504. The predicted molar refractivity (Wildman–Crippen MR) is 90.2 cm³/mol. The molecule has 1 aliphatic heterocycles. The van der Waals surface area contributed by atoms with E-state index >= 15 is 0 Å². The Morgan fingerprint density at radius 3 is 2.55 bits per heavy atom. The highest BCUT2D eigenvalue weighted by Crippen LogP contribution is 2.41. The lowest BCUT2D eigenvalue weighted by Crippen LogP contribution is -2.23. The average Bonchev–Trinajstić information content (AvgIpc) is 2.54. The number of anilines is 1. The molecule has 108 valence electrons. The smallest absolute Gasteiger partial charge is 0.225 e. The Morgan fingerprint density at radius 1 is 0.955 bits per heavy atom. The monoisotopic (exact) mass is 287 g/mol. The van der Waals surface area contributed by atoms with Crippen molar-refractivity contribution in [1.29, 1.82) is 0 Å². The molecule has 4 rings (SSSR count). The summed E-state index contributed by atoms with van der Waals surface area (Å²) in [5.41, 5.74) is 4.63. The van der Waals surface area contributed by atoms with E-state index in [1.54, 1.807) is 0 Å². The molecule has 0 saturated carbocycles. The average molecular weight is 287 g/mol. The van der Waals surface area contributed by atoms with Gasteiger partial charge in [-0.05, 0) is 34.9 Å². The second-order valence-corrected chi connectivity index (χ2v) is 5.96. The van der Waals surface area contributed by atoms with Gasteiger partial charge in [-0.25, -0.2) is 0 Å². The maximum Gasteiger partial charge on any atom is 0.225 e. The second-order valence-electron chi connectivity index (χ2n) is 5.96. The van der Waals surface area contributed by atoms with Crippen LogP contribution in [-0.2, 0) is 4.79 Å². The lowest BCUT2D eigenvalue weighted by molar-refractivity contribution is -0.116. The van der Waals surface area contributed by atoms with Gasteiger partial charge in [0, 0.05) is 18.0 Å². The molecular formula is C20H17NO. The number of fused-ring (bicyclic) bond motifs is 3. The number of hydrogen-bond acceptors (Lipinski definition) is 1. The first-order valence-electron chi connectivity index (χ1n) is 7.60. The third kappa shape index (κ3) is 2.08. The van der Waals surface area contributed by atoms with Crippen molar-refractivity contribution < 1.29 is 4.79 Å². The summed E-state index contributed by atoms with van der Waals surface area (Å²) in [7, 11) is 0. The van der Waals surface area contributed by atoms with E-state index in [1.165, 1.54) is 27.5 Å².